The highest BCUT2D eigenvalue weighted by molar-refractivity contribution is 6.05. The predicted octanol–water partition coefficient (Wildman–Crippen LogP) is 2.64. The summed E-state index contributed by atoms with van der Waals surface area (Å²) in [6, 6.07) is 8.04. The van der Waals surface area contributed by atoms with E-state index in [9.17, 15) is 13.6 Å². The Hall–Kier alpha value is -2.67. The lowest BCUT2D eigenvalue weighted by Crippen LogP contribution is -2.36. The number of nitrogens with zero attached hydrogens (tertiary/aromatic N) is 1. The van der Waals surface area contributed by atoms with Crippen LogP contribution in [0.3, 0.4) is 0 Å². The van der Waals surface area contributed by atoms with Crippen molar-refractivity contribution in [3.63, 3.8) is 0 Å². The van der Waals surface area contributed by atoms with E-state index >= 15 is 0 Å². The van der Waals surface area contributed by atoms with Gasteiger partial charge in [0.15, 0.2) is 0 Å². The van der Waals surface area contributed by atoms with Crippen molar-refractivity contribution in [2.45, 2.75) is 0 Å². The van der Waals surface area contributed by atoms with Gasteiger partial charge in [-0.25, -0.2) is 8.78 Å². The smallest absolute Gasteiger partial charge is 0.255 e. The second-order valence-corrected chi connectivity index (χ2v) is 5.49. The highest BCUT2D eigenvalue weighted by atomic mass is 19.1. The number of nitrogen functional groups attached to an aromatic ring is 1. The zero-order valence-electron chi connectivity index (χ0n) is 12.9. The number of halogens is 2. The fourth-order valence-electron chi connectivity index (χ4n) is 2.53. The molecule has 0 aliphatic carbocycles. The van der Waals surface area contributed by atoms with E-state index in [1.807, 2.05) is 4.90 Å². The minimum Gasteiger partial charge on any atom is -0.396 e. The first-order valence-corrected chi connectivity index (χ1v) is 7.52. The molecule has 2 aromatic carbocycles. The van der Waals surface area contributed by atoms with Crippen LogP contribution in [0.2, 0.25) is 0 Å². The van der Waals surface area contributed by atoms with Crippen LogP contribution in [0.4, 0.5) is 25.8 Å². The molecule has 2 aromatic rings. The molecule has 1 saturated heterocycles. The number of carbonyl (C=O) groups excluding carboxylic acids is 1. The number of anilines is 3. The lowest BCUT2D eigenvalue weighted by atomic mass is 10.1. The minimum absolute atomic E-state index is 0.0685. The second-order valence-electron chi connectivity index (χ2n) is 5.49. The molecule has 1 fully saturated rings. The number of carbonyl (C=O) groups is 1. The molecule has 7 heteroatoms. The number of morpholine rings is 1. The van der Waals surface area contributed by atoms with E-state index < -0.39 is 17.5 Å². The van der Waals surface area contributed by atoms with Crippen LogP contribution in [0.25, 0.3) is 0 Å². The van der Waals surface area contributed by atoms with Crippen LogP contribution in [0, 0.1) is 11.6 Å². The molecule has 3 rings (SSSR count). The number of nitrogens with one attached hydrogen (secondary N) is 1. The minimum atomic E-state index is -0.562. The molecular weight excluding hydrogens is 316 g/mol. The molecule has 0 unspecified atom stereocenters. The lowest BCUT2D eigenvalue weighted by Gasteiger charge is -2.29. The van der Waals surface area contributed by atoms with Crippen molar-refractivity contribution >= 4 is 23.0 Å². The molecule has 0 radical (unpaired) electrons. The first-order chi connectivity index (χ1) is 11.5. The molecule has 5 nitrogen and oxygen atoms in total. The Morgan fingerprint density at radius 3 is 2.58 bits per heavy atom. The highest BCUT2D eigenvalue weighted by Crippen LogP contribution is 2.22. The molecule has 1 aliphatic rings. The predicted molar refractivity (Wildman–Crippen MR) is 88.2 cm³/mol. The van der Waals surface area contributed by atoms with Crippen molar-refractivity contribution in [1.29, 1.82) is 0 Å². The van der Waals surface area contributed by atoms with Gasteiger partial charge in [0.25, 0.3) is 5.91 Å². The topological polar surface area (TPSA) is 67.6 Å². The largest absolute Gasteiger partial charge is 0.396 e. The molecule has 0 saturated carbocycles. The van der Waals surface area contributed by atoms with Gasteiger partial charge in [0.2, 0.25) is 0 Å². The van der Waals surface area contributed by atoms with E-state index in [0.717, 1.165) is 12.1 Å². The van der Waals surface area contributed by atoms with E-state index in [0.29, 0.717) is 37.7 Å². The van der Waals surface area contributed by atoms with Crippen LogP contribution in [0.1, 0.15) is 10.4 Å². The van der Waals surface area contributed by atoms with Crippen molar-refractivity contribution in [3.8, 4) is 0 Å². The number of hydrogen-bond acceptors (Lipinski definition) is 4. The summed E-state index contributed by atoms with van der Waals surface area (Å²) in [5.74, 6) is -1.55. The fourth-order valence-corrected chi connectivity index (χ4v) is 2.53. The Labute approximate surface area is 138 Å². The maximum Gasteiger partial charge on any atom is 0.255 e. The van der Waals surface area contributed by atoms with E-state index in [1.165, 1.54) is 18.2 Å². The molecule has 0 spiro atoms. The van der Waals surface area contributed by atoms with Gasteiger partial charge in [0.05, 0.1) is 18.9 Å². The summed E-state index contributed by atoms with van der Waals surface area (Å²) in [6.07, 6.45) is 0. The van der Waals surface area contributed by atoms with Gasteiger partial charge in [-0.05, 0) is 36.4 Å². The van der Waals surface area contributed by atoms with Crippen LogP contribution in [-0.2, 0) is 4.74 Å². The third-order valence-corrected chi connectivity index (χ3v) is 3.77. The number of rotatable bonds is 3. The number of hydrogen-bond donors (Lipinski definition) is 2. The van der Waals surface area contributed by atoms with Crippen molar-refractivity contribution in [2.75, 3.05) is 42.3 Å². The van der Waals surface area contributed by atoms with Crippen LogP contribution in [0.5, 0.6) is 0 Å². The maximum atomic E-state index is 13.9. The SMILES string of the molecule is Nc1cc(NC(=O)c2cc(F)cc(N3CCOCC3)c2)ccc1F. The van der Waals surface area contributed by atoms with Gasteiger partial charge in [-0.3, -0.25) is 4.79 Å². The Morgan fingerprint density at radius 2 is 1.88 bits per heavy atom. The molecule has 126 valence electrons. The molecule has 0 atom stereocenters. The zero-order chi connectivity index (χ0) is 17.1. The normalized spacial score (nSPS) is 14.5. The molecule has 1 amide bonds. The summed E-state index contributed by atoms with van der Waals surface area (Å²) in [5.41, 5.74) is 6.56. The molecule has 1 aliphatic heterocycles. The van der Waals surface area contributed by atoms with Gasteiger partial charge in [0.1, 0.15) is 11.6 Å². The number of amides is 1. The van der Waals surface area contributed by atoms with Gasteiger partial charge in [-0.1, -0.05) is 0 Å². The first kappa shape index (κ1) is 16.2. The van der Waals surface area contributed by atoms with Crippen LogP contribution < -0.4 is 16.0 Å². The van der Waals surface area contributed by atoms with Crippen LogP contribution >= 0.6 is 0 Å². The molecule has 3 N–H and O–H groups in total. The molecule has 24 heavy (non-hydrogen) atoms. The number of benzene rings is 2. The Balaban J connectivity index is 1.81. The molecule has 0 bridgehead atoms. The van der Waals surface area contributed by atoms with Gasteiger partial charge >= 0.3 is 0 Å². The molecular formula is C17H17F2N3O2. The Bertz CT molecular complexity index is 761. The van der Waals surface area contributed by atoms with E-state index in [-0.39, 0.29) is 11.3 Å². The van der Waals surface area contributed by atoms with Gasteiger partial charge in [0, 0.05) is 30.0 Å². The second kappa shape index (κ2) is 6.84. The summed E-state index contributed by atoms with van der Waals surface area (Å²) in [4.78, 5) is 14.3. The molecule has 0 aromatic heterocycles. The summed E-state index contributed by atoms with van der Waals surface area (Å²) < 4.78 is 32.3. The molecule has 1 heterocycles. The van der Waals surface area contributed by atoms with Crippen molar-refractivity contribution in [3.05, 3.63) is 53.6 Å². The zero-order valence-corrected chi connectivity index (χ0v) is 12.9. The fraction of sp³-hybridized carbons (Fsp3) is 0.235. The van der Waals surface area contributed by atoms with Crippen LogP contribution in [-0.4, -0.2) is 32.2 Å². The average molecular weight is 333 g/mol. The van der Waals surface area contributed by atoms with Crippen molar-refractivity contribution in [2.24, 2.45) is 0 Å². The third kappa shape index (κ3) is 3.62. The Morgan fingerprint density at radius 1 is 1.12 bits per heavy atom. The summed E-state index contributed by atoms with van der Waals surface area (Å²) in [7, 11) is 0. The van der Waals surface area contributed by atoms with Gasteiger partial charge < -0.3 is 20.7 Å². The quantitative estimate of drug-likeness (QED) is 0.848. The first-order valence-electron chi connectivity index (χ1n) is 7.52. The monoisotopic (exact) mass is 333 g/mol. The van der Waals surface area contributed by atoms with Crippen LogP contribution in [0.15, 0.2) is 36.4 Å². The van der Waals surface area contributed by atoms with Gasteiger partial charge in [-0.2, -0.15) is 0 Å². The number of nitrogens with two attached hydrogens (primary N) is 1. The average Bonchev–Trinajstić information content (AvgIpc) is 2.58. The van der Waals surface area contributed by atoms with Crippen molar-refractivity contribution < 1.29 is 18.3 Å². The standard InChI is InChI=1S/C17H17F2N3O2/c18-12-7-11(8-14(9-12)22-3-5-24-6-4-22)17(23)21-13-1-2-15(19)16(20)10-13/h1-2,7-10H,3-6,20H2,(H,21,23). The summed E-state index contributed by atoms with van der Waals surface area (Å²) in [5, 5.41) is 2.59. The summed E-state index contributed by atoms with van der Waals surface area (Å²) >= 11 is 0. The Kier molecular flexibility index (Phi) is 4.61. The third-order valence-electron chi connectivity index (χ3n) is 3.77. The highest BCUT2D eigenvalue weighted by Gasteiger charge is 2.16. The van der Waals surface area contributed by atoms with E-state index in [4.69, 9.17) is 10.5 Å². The number of ether oxygens (including phenoxy) is 1. The van der Waals surface area contributed by atoms with Crippen molar-refractivity contribution in [1.82, 2.24) is 0 Å². The maximum absolute atomic E-state index is 13.9. The summed E-state index contributed by atoms with van der Waals surface area (Å²) in [6.45, 7) is 2.40. The van der Waals surface area contributed by atoms with Gasteiger partial charge in [-0.15, -0.1) is 0 Å². The van der Waals surface area contributed by atoms with E-state index in [1.54, 1.807) is 6.07 Å². The lowest BCUT2D eigenvalue weighted by molar-refractivity contribution is 0.102. The van der Waals surface area contributed by atoms with E-state index in [2.05, 4.69) is 5.32 Å².